The third-order valence-electron chi connectivity index (χ3n) is 5.13. The molecule has 2 heterocycles. The number of anilines is 2. The van der Waals surface area contributed by atoms with Gasteiger partial charge in [0, 0.05) is 41.5 Å². The quantitative estimate of drug-likeness (QED) is 0.261. The number of ether oxygens (including phenoxy) is 1. The fourth-order valence-electron chi connectivity index (χ4n) is 3.43. The molecular weight excluding hydrogens is 492 g/mol. The van der Waals surface area contributed by atoms with E-state index in [2.05, 4.69) is 30.6 Å². The maximum absolute atomic E-state index is 11.6. The molecule has 10 heteroatoms. The van der Waals surface area contributed by atoms with E-state index in [-0.39, 0.29) is 23.0 Å². The van der Waals surface area contributed by atoms with Crippen LogP contribution in [0.1, 0.15) is 24.2 Å². The lowest BCUT2D eigenvalue weighted by Crippen LogP contribution is -2.17. The molecule has 9 nitrogen and oxygen atoms in total. The number of hydrogen-bond acceptors (Lipinski definition) is 8. The van der Waals surface area contributed by atoms with Crippen LogP contribution in [0.25, 0.3) is 21.8 Å². The van der Waals surface area contributed by atoms with Crippen molar-refractivity contribution in [3.63, 3.8) is 0 Å². The number of amides is 1. The zero-order chi connectivity index (χ0) is 26.4. The second-order valence-corrected chi connectivity index (χ2v) is 8.53. The lowest BCUT2D eigenvalue weighted by molar-refractivity contribution is 0.0963. The van der Waals surface area contributed by atoms with Gasteiger partial charge in [-0.15, -0.1) is 0 Å². The second-order valence-electron chi connectivity index (χ2n) is 8.19. The van der Waals surface area contributed by atoms with Crippen molar-refractivity contribution in [1.29, 1.82) is 0 Å². The van der Waals surface area contributed by atoms with Gasteiger partial charge in [0.05, 0.1) is 6.10 Å². The molecule has 5 aromatic rings. The van der Waals surface area contributed by atoms with E-state index in [9.17, 15) is 9.90 Å². The van der Waals surface area contributed by atoms with Gasteiger partial charge in [-0.3, -0.25) is 4.79 Å². The molecule has 0 aliphatic heterocycles. The molecule has 2 aromatic heterocycles. The first kappa shape index (κ1) is 25.6. The van der Waals surface area contributed by atoms with Gasteiger partial charge in [0.2, 0.25) is 11.2 Å². The number of nitrogens with one attached hydrogen (secondary N) is 2. The first-order valence-corrected chi connectivity index (χ1v) is 11.8. The van der Waals surface area contributed by atoms with E-state index < -0.39 is 0 Å². The SMILES string of the molecule is CNC(=O)c1ccc(Nc2ncc3cccc(OC(C)C)c3n2)cc1.Oc1cccc2cnc(Cl)nc12. The molecule has 0 unspecified atom stereocenters. The molecule has 188 valence electrons. The van der Waals surface area contributed by atoms with Gasteiger partial charge in [-0.1, -0.05) is 24.3 Å². The highest BCUT2D eigenvalue weighted by atomic mass is 35.5. The first-order valence-electron chi connectivity index (χ1n) is 11.5. The summed E-state index contributed by atoms with van der Waals surface area (Å²) in [5, 5.41) is 16.9. The summed E-state index contributed by atoms with van der Waals surface area (Å²) in [6, 6.07) is 18.0. The van der Waals surface area contributed by atoms with Gasteiger partial charge in [0.15, 0.2) is 0 Å². The summed E-state index contributed by atoms with van der Waals surface area (Å²) in [4.78, 5) is 28.2. The van der Waals surface area contributed by atoms with E-state index in [1.807, 2.05) is 50.2 Å². The number of hydrogen-bond donors (Lipinski definition) is 3. The molecule has 37 heavy (non-hydrogen) atoms. The fraction of sp³-hybridized carbons (Fsp3) is 0.148. The predicted molar refractivity (Wildman–Crippen MR) is 145 cm³/mol. The second kappa shape index (κ2) is 11.5. The number of benzene rings is 3. The third-order valence-corrected chi connectivity index (χ3v) is 5.31. The van der Waals surface area contributed by atoms with Crippen LogP contribution in [0.5, 0.6) is 11.5 Å². The van der Waals surface area contributed by atoms with E-state index in [0.717, 1.165) is 27.7 Å². The largest absolute Gasteiger partial charge is 0.506 e. The summed E-state index contributed by atoms with van der Waals surface area (Å²) in [6.45, 7) is 3.96. The Kier molecular flexibility index (Phi) is 7.95. The summed E-state index contributed by atoms with van der Waals surface area (Å²) in [5.74, 6) is 1.20. The van der Waals surface area contributed by atoms with Crippen molar-refractivity contribution in [3.8, 4) is 11.5 Å². The van der Waals surface area contributed by atoms with E-state index >= 15 is 0 Å². The Hall–Kier alpha value is -4.50. The Labute approximate surface area is 218 Å². The van der Waals surface area contributed by atoms with Crippen molar-refractivity contribution < 1.29 is 14.6 Å². The molecule has 5 rings (SSSR count). The van der Waals surface area contributed by atoms with E-state index in [1.54, 1.807) is 43.7 Å². The smallest absolute Gasteiger partial charge is 0.251 e. The van der Waals surface area contributed by atoms with Gasteiger partial charge in [0.1, 0.15) is 22.5 Å². The number of rotatable bonds is 5. The van der Waals surface area contributed by atoms with E-state index in [4.69, 9.17) is 16.3 Å². The Morgan fingerprint density at radius 3 is 2.30 bits per heavy atom. The Morgan fingerprint density at radius 2 is 1.59 bits per heavy atom. The summed E-state index contributed by atoms with van der Waals surface area (Å²) in [7, 11) is 1.61. The average molecular weight is 517 g/mol. The molecular formula is C27H25ClN6O3. The highest BCUT2D eigenvalue weighted by Crippen LogP contribution is 2.26. The molecule has 0 aliphatic rings. The van der Waals surface area contributed by atoms with Crippen LogP contribution >= 0.6 is 11.6 Å². The maximum Gasteiger partial charge on any atom is 0.251 e. The molecule has 0 aliphatic carbocycles. The van der Waals surface area contributed by atoms with Crippen LogP contribution in [0.4, 0.5) is 11.6 Å². The van der Waals surface area contributed by atoms with Crippen molar-refractivity contribution in [2.75, 3.05) is 12.4 Å². The Bertz CT molecular complexity index is 1540. The zero-order valence-electron chi connectivity index (χ0n) is 20.4. The molecule has 0 saturated carbocycles. The van der Waals surface area contributed by atoms with Crippen LogP contribution in [-0.4, -0.2) is 44.1 Å². The minimum Gasteiger partial charge on any atom is -0.506 e. The van der Waals surface area contributed by atoms with Gasteiger partial charge in [-0.05, 0) is 61.8 Å². The van der Waals surface area contributed by atoms with Crippen LogP contribution in [0.2, 0.25) is 5.28 Å². The number of carbonyl (C=O) groups is 1. The Morgan fingerprint density at radius 1 is 0.919 bits per heavy atom. The van der Waals surface area contributed by atoms with Crippen LogP contribution in [0.3, 0.4) is 0 Å². The minimum absolute atomic E-state index is 0.0641. The summed E-state index contributed by atoms with van der Waals surface area (Å²) in [5.41, 5.74) is 2.64. The van der Waals surface area contributed by atoms with Crippen LogP contribution in [0.15, 0.2) is 73.1 Å². The number of phenols is 1. The zero-order valence-corrected chi connectivity index (χ0v) is 21.2. The Balaban J connectivity index is 0.000000222. The van der Waals surface area contributed by atoms with E-state index in [0.29, 0.717) is 17.0 Å². The summed E-state index contributed by atoms with van der Waals surface area (Å²) < 4.78 is 5.82. The first-order chi connectivity index (χ1) is 17.8. The molecule has 1 amide bonds. The highest BCUT2D eigenvalue weighted by molar-refractivity contribution is 6.28. The van der Waals surface area contributed by atoms with Crippen LogP contribution in [-0.2, 0) is 0 Å². The van der Waals surface area contributed by atoms with Crippen molar-refractivity contribution in [3.05, 3.63) is 83.9 Å². The molecule has 0 atom stereocenters. The molecule has 0 spiro atoms. The molecule has 3 N–H and O–H groups in total. The fourth-order valence-corrected chi connectivity index (χ4v) is 3.57. The highest BCUT2D eigenvalue weighted by Gasteiger charge is 2.09. The number of nitrogens with zero attached hydrogens (tertiary/aromatic N) is 4. The monoisotopic (exact) mass is 516 g/mol. The summed E-state index contributed by atoms with van der Waals surface area (Å²) in [6.07, 6.45) is 3.40. The van der Waals surface area contributed by atoms with Crippen LogP contribution < -0.4 is 15.4 Å². The third kappa shape index (κ3) is 6.39. The average Bonchev–Trinajstić information content (AvgIpc) is 2.90. The number of halogens is 1. The standard InChI is InChI=1S/C19H20N4O2.C8H5ClN2O/c1-12(2)25-16-6-4-5-14-11-21-19(23-17(14)16)22-15-9-7-13(8-10-15)18(24)20-3;9-8-10-4-5-2-1-3-6(12)7(5)11-8/h4-12H,1-3H3,(H,20,24)(H,21,22,23);1-4,12H. The van der Waals surface area contributed by atoms with Crippen molar-refractivity contribution in [2.45, 2.75) is 20.0 Å². The molecule has 0 radical (unpaired) electrons. The van der Waals surface area contributed by atoms with Gasteiger partial charge >= 0.3 is 0 Å². The lowest BCUT2D eigenvalue weighted by atomic mass is 10.2. The molecule has 3 aromatic carbocycles. The molecule has 0 saturated heterocycles. The molecule has 0 fully saturated rings. The number of carbonyl (C=O) groups excluding carboxylic acids is 1. The van der Waals surface area contributed by atoms with Gasteiger partial charge < -0.3 is 20.5 Å². The normalized spacial score (nSPS) is 10.6. The molecule has 0 bridgehead atoms. The maximum atomic E-state index is 11.6. The minimum atomic E-state index is -0.121. The van der Waals surface area contributed by atoms with Crippen molar-refractivity contribution in [1.82, 2.24) is 25.3 Å². The number of phenolic OH excluding ortho intramolecular Hbond substituents is 1. The van der Waals surface area contributed by atoms with Crippen molar-refractivity contribution in [2.24, 2.45) is 0 Å². The number of aromatic hydroxyl groups is 1. The van der Waals surface area contributed by atoms with Crippen LogP contribution in [0, 0.1) is 0 Å². The number of para-hydroxylation sites is 2. The van der Waals surface area contributed by atoms with E-state index in [1.165, 1.54) is 0 Å². The van der Waals surface area contributed by atoms with Gasteiger partial charge in [-0.2, -0.15) is 0 Å². The van der Waals surface area contributed by atoms with Gasteiger partial charge in [-0.25, -0.2) is 19.9 Å². The summed E-state index contributed by atoms with van der Waals surface area (Å²) >= 11 is 5.56. The number of fused-ring (bicyclic) bond motifs is 2. The van der Waals surface area contributed by atoms with Crippen molar-refractivity contribution >= 4 is 50.9 Å². The number of aromatic nitrogens is 4. The van der Waals surface area contributed by atoms with Gasteiger partial charge in [0.25, 0.3) is 5.91 Å². The topological polar surface area (TPSA) is 122 Å². The predicted octanol–water partition coefficient (Wildman–Crippen LogP) is 5.51. The lowest BCUT2D eigenvalue weighted by Gasteiger charge is -2.12.